The van der Waals surface area contributed by atoms with Crippen molar-refractivity contribution in [2.75, 3.05) is 44.7 Å². The smallest absolute Gasteiger partial charge is 0.191 e. The minimum atomic E-state index is -2.94. The summed E-state index contributed by atoms with van der Waals surface area (Å²) in [6, 6.07) is 3.88. The van der Waals surface area contributed by atoms with Crippen LogP contribution in [0.15, 0.2) is 23.2 Å². The number of halogens is 3. The maximum Gasteiger partial charge on any atom is 0.191 e. The summed E-state index contributed by atoms with van der Waals surface area (Å²) in [6.45, 7) is 7.18. The van der Waals surface area contributed by atoms with Crippen LogP contribution >= 0.6 is 24.0 Å². The van der Waals surface area contributed by atoms with Gasteiger partial charge in [0, 0.05) is 57.0 Å². The number of nitrogens with zero attached hydrogens (tertiary/aromatic N) is 2. The van der Waals surface area contributed by atoms with Gasteiger partial charge in [-0.05, 0) is 31.4 Å². The standard InChI is InChI=1S/C20H32F2N4O2S.HI/c1-4-23-20(24-14-15(2)18-6-5-16(21)13-19(18)22)25-17-7-9-26(10-8-17)11-12-29(3,27)28;/h5-6,13,15,17H,4,7-12,14H2,1-3H3,(H2,23,24,25);1H. The molecule has 1 aromatic carbocycles. The molecule has 1 heterocycles. The van der Waals surface area contributed by atoms with Crippen molar-refractivity contribution >= 4 is 39.8 Å². The molecular formula is C20H33F2IN4O2S. The average molecular weight is 558 g/mol. The first-order chi connectivity index (χ1) is 13.7. The number of hydrogen-bond donors (Lipinski definition) is 2. The van der Waals surface area contributed by atoms with E-state index >= 15 is 0 Å². The second-order valence-electron chi connectivity index (χ2n) is 7.68. The summed E-state index contributed by atoms with van der Waals surface area (Å²) in [6.07, 6.45) is 3.06. The van der Waals surface area contributed by atoms with E-state index in [-0.39, 0.29) is 41.7 Å². The quantitative estimate of drug-likeness (QED) is 0.292. The van der Waals surface area contributed by atoms with Crippen molar-refractivity contribution in [2.45, 2.75) is 38.6 Å². The van der Waals surface area contributed by atoms with Crippen LogP contribution in [0.2, 0.25) is 0 Å². The molecule has 1 aromatic rings. The molecule has 30 heavy (non-hydrogen) atoms. The second kappa shape index (κ2) is 12.7. The second-order valence-corrected chi connectivity index (χ2v) is 9.94. The lowest BCUT2D eigenvalue weighted by Crippen LogP contribution is -2.49. The Balaban J connectivity index is 0.00000450. The molecule has 2 rings (SSSR count). The number of benzene rings is 1. The predicted octanol–water partition coefficient (Wildman–Crippen LogP) is 2.75. The molecule has 1 atom stereocenters. The third-order valence-corrected chi connectivity index (χ3v) is 5.99. The van der Waals surface area contributed by atoms with Gasteiger partial charge in [0.1, 0.15) is 21.5 Å². The zero-order valence-corrected chi connectivity index (χ0v) is 21.0. The Kier molecular flexibility index (Phi) is 11.5. The van der Waals surface area contributed by atoms with Gasteiger partial charge < -0.3 is 15.5 Å². The number of nitrogens with one attached hydrogen (secondary N) is 2. The zero-order valence-electron chi connectivity index (χ0n) is 17.8. The maximum absolute atomic E-state index is 14.0. The molecule has 0 aliphatic carbocycles. The summed E-state index contributed by atoms with van der Waals surface area (Å²) in [7, 11) is -2.94. The molecule has 172 valence electrons. The highest BCUT2D eigenvalue weighted by molar-refractivity contribution is 14.0. The summed E-state index contributed by atoms with van der Waals surface area (Å²) in [5.74, 6) is -0.445. The molecule has 1 aliphatic rings. The van der Waals surface area contributed by atoms with Gasteiger partial charge in [-0.15, -0.1) is 24.0 Å². The van der Waals surface area contributed by atoms with Crippen LogP contribution in [0, 0.1) is 11.6 Å². The Morgan fingerprint density at radius 3 is 2.53 bits per heavy atom. The van der Waals surface area contributed by atoms with Crippen LogP contribution in [0.3, 0.4) is 0 Å². The third kappa shape index (κ3) is 9.42. The molecule has 0 spiro atoms. The van der Waals surface area contributed by atoms with Crippen LogP contribution in [0.1, 0.15) is 38.2 Å². The molecule has 0 saturated carbocycles. The van der Waals surface area contributed by atoms with Gasteiger partial charge >= 0.3 is 0 Å². The molecule has 0 aromatic heterocycles. The molecule has 0 amide bonds. The summed E-state index contributed by atoms with van der Waals surface area (Å²) in [5.41, 5.74) is 0.449. The predicted molar refractivity (Wildman–Crippen MR) is 128 cm³/mol. The fourth-order valence-corrected chi connectivity index (χ4v) is 3.93. The van der Waals surface area contributed by atoms with E-state index in [9.17, 15) is 17.2 Å². The lowest BCUT2D eigenvalue weighted by Gasteiger charge is -2.33. The molecule has 1 aliphatic heterocycles. The first-order valence-electron chi connectivity index (χ1n) is 10.1. The SMILES string of the molecule is CCNC(=NCC(C)c1ccc(F)cc1F)NC1CCN(CCS(C)(=O)=O)CC1.I. The van der Waals surface area contributed by atoms with Crippen molar-refractivity contribution in [3.05, 3.63) is 35.4 Å². The lowest BCUT2D eigenvalue weighted by atomic mass is 10.0. The molecule has 1 fully saturated rings. The van der Waals surface area contributed by atoms with Gasteiger partial charge in [0.25, 0.3) is 0 Å². The number of rotatable bonds is 8. The fraction of sp³-hybridized carbons (Fsp3) is 0.650. The normalized spacial score (nSPS) is 17.3. The Morgan fingerprint density at radius 1 is 1.30 bits per heavy atom. The molecule has 1 saturated heterocycles. The van der Waals surface area contributed by atoms with Crippen molar-refractivity contribution in [2.24, 2.45) is 4.99 Å². The number of guanidine groups is 1. The molecule has 0 radical (unpaired) electrons. The number of hydrogen-bond acceptors (Lipinski definition) is 4. The highest BCUT2D eigenvalue weighted by atomic mass is 127. The van der Waals surface area contributed by atoms with Crippen LogP contribution in [-0.2, 0) is 9.84 Å². The number of piperidine rings is 1. The monoisotopic (exact) mass is 558 g/mol. The summed E-state index contributed by atoms with van der Waals surface area (Å²) < 4.78 is 49.7. The van der Waals surface area contributed by atoms with Gasteiger partial charge in [-0.3, -0.25) is 4.99 Å². The highest BCUT2D eigenvalue weighted by Gasteiger charge is 2.21. The lowest BCUT2D eigenvalue weighted by molar-refractivity contribution is 0.216. The van der Waals surface area contributed by atoms with Crippen molar-refractivity contribution in [3.8, 4) is 0 Å². The van der Waals surface area contributed by atoms with Crippen LogP contribution in [-0.4, -0.2) is 70.1 Å². The van der Waals surface area contributed by atoms with Gasteiger partial charge in [-0.1, -0.05) is 13.0 Å². The maximum atomic E-state index is 14.0. The largest absolute Gasteiger partial charge is 0.357 e. The number of likely N-dealkylation sites (tertiary alicyclic amines) is 1. The Hall–Kier alpha value is -1.01. The Bertz CT molecular complexity index is 800. The summed E-state index contributed by atoms with van der Waals surface area (Å²) in [4.78, 5) is 6.75. The van der Waals surface area contributed by atoms with Crippen molar-refractivity contribution < 1.29 is 17.2 Å². The number of sulfone groups is 1. The van der Waals surface area contributed by atoms with Gasteiger partial charge in [0.2, 0.25) is 0 Å². The average Bonchev–Trinajstić information content (AvgIpc) is 2.65. The van der Waals surface area contributed by atoms with Crippen LogP contribution in [0.25, 0.3) is 0 Å². The van der Waals surface area contributed by atoms with E-state index in [1.54, 1.807) is 0 Å². The van der Waals surface area contributed by atoms with Gasteiger partial charge in [-0.2, -0.15) is 0 Å². The van der Waals surface area contributed by atoms with Crippen LogP contribution in [0.4, 0.5) is 8.78 Å². The van der Waals surface area contributed by atoms with Crippen molar-refractivity contribution in [1.29, 1.82) is 0 Å². The minimum absolute atomic E-state index is 0. The van der Waals surface area contributed by atoms with E-state index in [1.165, 1.54) is 18.4 Å². The topological polar surface area (TPSA) is 73.8 Å². The van der Waals surface area contributed by atoms with E-state index in [1.807, 2.05) is 13.8 Å². The van der Waals surface area contributed by atoms with E-state index in [4.69, 9.17) is 0 Å². The first kappa shape index (κ1) is 27.0. The highest BCUT2D eigenvalue weighted by Crippen LogP contribution is 2.20. The zero-order chi connectivity index (χ0) is 21.4. The molecule has 2 N–H and O–H groups in total. The Labute approximate surface area is 195 Å². The minimum Gasteiger partial charge on any atom is -0.357 e. The van der Waals surface area contributed by atoms with E-state index in [2.05, 4.69) is 20.5 Å². The van der Waals surface area contributed by atoms with Crippen LogP contribution < -0.4 is 10.6 Å². The molecule has 1 unspecified atom stereocenters. The van der Waals surface area contributed by atoms with E-state index in [0.29, 0.717) is 31.2 Å². The van der Waals surface area contributed by atoms with Crippen molar-refractivity contribution in [1.82, 2.24) is 15.5 Å². The molecule has 10 heteroatoms. The van der Waals surface area contributed by atoms with E-state index < -0.39 is 21.5 Å². The fourth-order valence-electron chi connectivity index (χ4n) is 3.34. The molecule has 6 nitrogen and oxygen atoms in total. The van der Waals surface area contributed by atoms with Gasteiger partial charge in [0.05, 0.1) is 5.75 Å². The number of aliphatic imine (C=N–C) groups is 1. The summed E-state index contributed by atoms with van der Waals surface area (Å²) >= 11 is 0. The third-order valence-electron chi connectivity index (χ3n) is 5.07. The van der Waals surface area contributed by atoms with Crippen LogP contribution in [0.5, 0.6) is 0 Å². The van der Waals surface area contributed by atoms with Crippen molar-refractivity contribution in [3.63, 3.8) is 0 Å². The Morgan fingerprint density at radius 2 is 1.97 bits per heavy atom. The van der Waals surface area contributed by atoms with Gasteiger partial charge in [0.15, 0.2) is 5.96 Å². The molecule has 0 bridgehead atoms. The van der Waals surface area contributed by atoms with E-state index in [0.717, 1.165) is 32.0 Å². The summed E-state index contributed by atoms with van der Waals surface area (Å²) in [5, 5.41) is 6.63. The van der Waals surface area contributed by atoms with Gasteiger partial charge in [-0.25, -0.2) is 17.2 Å². The first-order valence-corrected chi connectivity index (χ1v) is 12.1. The molecular weight excluding hydrogens is 525 g/mol.